The van der Waals surface area contributed by atoms with Gasteiger partial charge < -0.3 is 19.5 Å². The fourth-order valence-electron chi connectivity index (χ4n) is 2.42. The number of amides is 1. The summed E-state index contributed by atoms with van der Waals surface area (Å²) in [5, 5.41) is 2.64. The lowest BCUT2D eigenvalue weighted by molar-refractivity contribution is -0.147. The Kier molecular flexibility index (Phi) is 7.44. The van der Waals surface area contributed by atoms with Crippen molar-refractivity contribution in [1.82, 2.24) is 0 Å². The Bertz CT molecular complexity index is 793. The molecule has 150 valence electrons. The molecule has 2 rings (SSSR count). The van der Waals surface area contributed by atoms with Crippen molar-refractivity contribution in [3.8, 4) is 11.5 Å². The first kappa shape index (κ1) is 21.3. The van der Waals surface area contributed by atoms with Crippen molar-refractivity contribution in [2.75, 3.05) is 25.6 Å². The minimum absolute atomic E-state index is 0.0630. The molecule has 0 atom stereocenters. The second-order valence-corrected chi connectivity index (χ2v) is 7.31. The quantitative estimate of drug-likeness (QED) is 0.697. The van der Waals surface area contributed by atoms with Crippen LogP contribution in [0, 0.1) is 0 Å². The third-order valence-electron chi connectivity index (χ3n) is 4.01. The molecule has 0 radical (unpaired) electrons. The van der Waals surface area contributed by atoms with Crippen LogP contribution in [0.5, 0.6) is 11.5 Å². The van der Waals surface area contributed by atoms with E-state index in [4.69, 9.17) is 14.2 Å². The first-order chi connectivity index (χ1) is 13.3. The van der Waals surface area contributed by atoms with Gasteiger partial charge in [0.05, 0.1) is 20.1 Å². The summed E-state index contributed by atoms with van der Waals surface area (Å²) in [5.41, 5.74) is 1.86. The lowest BCUT2D eigenvalue weighted by Gasteiger charge is -2.19. The molecule has 0 unspecified atom stereocenters. The van der Waals surface area contributed by atoms with E-state index in [1.807, 2.05) is 24.3 Å². The number of rotatable bonds is 8. The van der Waals surface area contributed by atoms with Crippen molar-refractivity contribution in [3.05, 3.63) is 54.1 Å². The van der Waals surface area contributed by atoms with Crippen molar-refractivity contribution in [3.63, 3.8) is 0 Å². The molecule has 0 saturated heterocycles. The summed E-state index contributed by atoms with van der Waals surface area (Å²) >= 11 is 0. The maximum atomic E-state index is 11.9. The van der Waals surface area contributed by atoms with E-state index in [2.05, 4.69) is 26.1 Å². The van der Waals surface area contributed by atoms with Crippen molar-refractivity contribution in [2.24, 2.45) is 0 Å². The minimum atomic E-state index is -0.493. The molecule has 2 aromatic carbocycles. The molecule has 1 amide bonds. The summed E-state index contributed by atoms with van der Waals surface area (Å²) in [6.45, 7) is 6.26. The van der Waals surface area contributed by atoms with E-state index < -0.39 is 11.9 Å². The van der Waals surface area contributed by atoms with Gasteiger partial charge in [-0.2, -0.15) is 0 Å². The van der Waals surface area contributed by atoms with Gasteiger partial charge in [0.25, 0.3) is 5.91 Å². The summed E-state index contributed by atoms with van der Waals surface area (Å²) in [6, 6.07) is 14.7. The van der Waals surface area contributed by atoms with Gasteiger partial charge in [0, 0.05) is 11.8 Å². The zero-order valence-corrected chi connectivity index (χ0v) is 16.8. The van der Waals surface area contributed by atoms with Gasteiger partial charge in [0.15, 0.2) is 6.61 Å². The van der Waals surface area contributed by atoms with Crippen molar-refractivity contribution < 1.29 is 23.8 Å². The molecule has 0 heterocycles. The van der Waals surface area contributed by atoms with Gasteiger partial charge >= 0.3 is 5.97 Å². The highest BCUT2D eigenvalue weighted by Crippen LogP contribution is 2.24. The largest absolute Gasteiger partial charge is 0.497 e. The van der Waals surface area contributed by atoms with Crippen LogP contribution in [-0.2, 0) is 19.7 Å². The van der Waals surface area contributed by atoms with Crippen LogP contribution in [0.3, 0.4) is 0 Å². The fourth-order valence-corrected chi connectivity index (χ4v) is 2.42. The Morgan fingerprint density at radius 3 is 2.36 bits per heavy atom. The molecule has 1 N–H and O–H groups in total. The maximum Gasteiger partial charge on any atom is 0.309 e. The van der Waals surface area contributed by atoms with Gasteiger partial charge in [-0.15, -0.1) is 0 Å². The lowest BCUT2D eigenvalue weighted by atomic mass is 9.87. The second-order valence-electron chi connectivity index (χ2n) is 7.31. The molecule has 0 spiro atoms. The fraction of sp³-hybridized carbons (Fsp3) is 0.364. The zero-order chi connectivity index (χ0) is 20.6. The average molecular weight is 385 g/mol. The van der Waals surface area contributed by atoms with E-state index >= 15 is 0 Å². The van der Waals surface area contributed by atoms with Gasteiger partial charge in [-0.1, -0.05) is 39.0 Å². The molecular formula is C22H27NO5. The van der Waals surface area contributed by atoms with Crippen LogP contribution < -0.4 is 14.8 Å². The van der Waals surface area contributed by atoms with Gasteiger partial charge in [-0.3, -0.25) is 9.59 Å². The van der Waals surface area contributed by atoms with Gasteiger partial charge in [0.2, 0.25) is 0 Å². The van der Waals surface area contributed by atoms with E-state index in [1.165, 1.54) is 5.56 Å². The third-order valence-corrected chi connectivity index (χ3v) is 4.01. The first-order valence-electron chi connectivity index (χ1n) is 9.11. The molecule has 0 fully saturated rings. The second kappa shape index (κ2) is 9.78. The van der Waals surface area contributed by atoms with Crippen LogP contribution >= 0.6 is 0 Å². The number of methoxy groups -OCH3 is 1. The minimum Gasteiger partial charge on any atom is -0.497 e. The Hall–Kier alpha value is -3.02. The van der Waals surface area contributed by atoms with E-state index in [9.17, 15) is 9.59 Å². The molecule has 2 aromatic rings. The van der Waals surface area contributed by atoms with Crippen molar-refractivity contribution in [2.45, 2.75) is 32.6 Å². The van der Waals surface area contributed by atoms with E-state index in [1.54, 1.807) is 31.4 Å². The number of hydrogen-bond donors (Lipinski definition) is 1. The van der Waals surface area contributed by atoms with Crippen molar-refractivity contribution in [1.29, 1.82) is 0 Å². The molecule has 0 aliphatic rings. The molecule has 0 bridgehead atoms. The molecular weight excluding hydrogens is 358 g/mol. The number of hydrogen-bond acceptors (Lipinski definition) is 5. The summed E-state index contributed by atoms with van der Waals surface area (Å²) < 4.78 is 15.6. The zero-order valence-electron chi connectivity index (χ0n) is 16.8. The van der Waals surface area contributed by atoms with E-state index in [-0.39, 0.29) is 25.0 Å². The maximum absolute atomic E-state index is 11.9. The number of benzene rings is 2. The Labute approximate surface area is 165 Å². The Morgan fingerprint density at radius 2 is 1.71 bits per heavy atom. The summed E-state index contributed by atoms with van der Waals surface area (Å²) in [5.74, 6) is 0.409. The lowest BCUT2D eigenvalue weighted by Crippen LogP contribution is -2.21. The van der Waals surface area contributed by atoms with Gasteiger partial charge in [-0.05, 0) is 35.2 Å². The molecule has 0 saturated carbocycles. The molecule has 6 nitrogen and oxygen atoms in total. The van der Waals surface area contributed by atoms with Gasteiger partial charge in [0.1, 0.15) is 11.5 Å². The number of carbonyl (C=O) groups is 2. The van der Waals surface area contributed by atoms with Crippen molar-refractivity contribution >= 4 is 17.6 Å². The summed E-state index contributed by atoms with van der Waals surface area (Å²) in [6.07, 6.45) is 0.0630. The van der Waals surface area contributed by atoms with Crippen LogP contribution in [0.1, 0.15) is 32.8 Å². The number of anilines is 1. The molecule has 0 aliphatic carbocycles. The standard InChI is InChI=1S/C22H27NO5/c1-22(2,3)16-8-10-18(11-9-16)27-13-12-21(25)28-15-20(24)23-17-6-5-7-19(14-17)26-4/h5-11,14H,12-13,15H2,1-4H3,(H,23,24). The summed E-state index contributed by atoms with van der Waals surface area (Å²) in [4.78, 5) is 23.6. The van der Waals surface area contributed by atoms with Gasteiger partial charge in [-0.25, -0.2) is 0 Å². The Morgan fingerprint density at radius 1 is 1.00 bits per heavy atom. The topological polar surface area (TPSA) is 73.9 Å². The van der Waals surface area contributed by atoms with E-state index in [0.29, 0.717) is 17.2 Å². The number of nitrogens with one attached hydrogen (secondary N) is 1. The highest BCUT2D eigenvalue weighted by molar-refractivity contribution is 5.92. The summed E-state index contributed by atoms with van der Waals surface area (Å²) in [7, 11) is 1.55. The monoisotopic (exact) mass is 385 g/mol. The van der Waals surface area contributed by atoms with Crippen LogP contribution in [0.15, 0.2) is 48.5 Å². The third kappa shape index (κ3) is 6.95. The molecule has 6 heteroatoms. The number of carbonyl (C=O) groups excluding carboxylic acids is 2. The van der Waals surface area contributed by atoms with Crippen LogP contribution in [-0.4, -0.2) is 32.2 Å². The average Bonchev–Trinajstić information content (AvgIpc) is 2.66. The molecule has 28 heavy (non-hydrogen) atoms. The highest BCUT2D eigenvalue weighted by Gasteiger charge is 2.13. The Balaban J connectivity index is 1.68. The SMILES string of the molecule is COc1cccc(NC(=O)COC(=O)CCOc2ccc(C(C)(C)C)cc2)c1. The highest BCUT2D eigenvalue weighted by atomic mass is 16.5. The van der Waals surface area contributed by atoms with E-state index in [0.717, 1.165) is 0 Å². The van der Waals surface area contributed by atoms with Crippen LogP contribution in [0.4, 0.5) is 5.69 Å². The normalized spacial score (nSPS) is 10.9. The predicted octanol–water partition coefficient (Wildman–Crippen LogP) is 3.94. The molecule has 0 aliphatic heterocycles. The van der Waals surface area contributed by atoms with Crippen LogP contribution in [0.2, 0.25) is 0 Å². The number of esters is 1. The number of ether oxygens (including phenoxy) is 3. The smallest absolute Gasteiger partial charge is 0.309 e. The predicted molar refractivity (Wildman–Crippen MR) is 108 cm³/mol. The molecule has 0 aromatic heterocycles. The van der Waals surface area contributed by atoms with Crippen LogP contribution in [0.25, 0.3) is 0 Å². The first-order valence-corrected chi connectivity index (χ1v) is 9.11.